The van der Waals surface area contributed by atoms with Crippen molar-refractivity contribution in [1.82, 2.24) is 4.98 Å². The molecule has 6 nitrogen and oxygen atoms in total. The van der Waals surface area contributed by atoms with Crippen LogP contribution in [-0.2, 0) is 0 Å². The van der Waals surface area contributed by atoms with Crippen LogP contribution >= 0.6 is 22.9 Å². The van der Waals surface area contributed by atoms with E-state index in [0.717, 1.165) is 10.6 Å². The van der Waals surface area contributed by atoms with Crippen LogP contribution in [0.5, 0.6) is 11.5 Å². The molecule has 8 heteroatoms. The second-order valence-corrected chi connectivity index (χ2v) is 6.30. The van der Waals surface area contributed by atoms with Gasteiger partial charge in [0.05, 0.1) is 24.8 Å². The molecular formula is C17H13ClN2O4S. The summed E-state index contributed by atoms with van der Waals surface area (Å²) >= 11 is 7.29. The molecule has 128 valence electrons. The topological polar surface area (TPSA) is 74.5 Å². The number of halogens is 1. The van der Waals surface area contributed by atoms with Crippen LogP contribution in [0, 0.1) is 10.1 Å². The van der Waals surface area contributed by atoms with Crippen LogP contribution in [0.15, 0.2) is 41.8 Å². The molecule has 0 aliphatic carbocycles. The van der Waals surface area contributed by atoms with Gasteiger partial charge >= 0.3 is 0 Å². The molecule has 3 rings (SSSR count). The van der Waals surface area contributed by atoms with Crippen molar-refractivity contribution in [3.05, 3.63) is 56.9 Å². The molecule has 0 bridgehead atoms. The molecule has 0 atom stereocenters. The fourth-order valence-electron chi connectivity index (χ4n) is 2.32. The molecule has 0 aliphatic rings. The van der Waals surface area contributed by atoms with Crippen LogP contribution in [0.2, 0.25) is 5.02 Å². The van der Waals surface area contributed by atoms with Gasteiger partial charge in [0.25, 0.3) is 5.69 Å². The molecule has 3 aromatic rings. The zero-order chi connectivity index (χ0) is 18.0. The van der Waals surface area contributed by atoms with Crippen LogP contribution in [0.25, 0.3) is 21.8 Å². The van der Waals surface area contributed by atoms with E-state index in [4.69, 9.17) is 21.1 Å². The van der Waals surface area contributed by atoms with Gasteiger partial charge in [0, 0.05) is 22.6 Å². The SMILES string of the molecule is COc1ccc(-c2nc(-c3ccc(Cl)c([N+](=O)[O-])c3)cs2)cc1OC. The molecule has 0 fully saturated rings. The lowest BCUT2D eigenvalue weighted by atomic mass is 10.1. The third kappa shape index (κ3) is 3.42. The second kappa shape index (κ2) is 7.08. The summed E-state index contributed by atoms with van der Waals surface area (Å²) in [6.45, 7) is 0. The van der Waals surface area contributed by atoms with Gasteiger partial charge in [-0.25, -0.2) is 4.98 Å². The predicted molar refractivity (Wildman–Crippen MR) is 97.8 cm³/mol. The summed E-state index contributed by atoms with van der Waals surface area (Å²) in [5, 5.41) is 13.8. The summed E-state index contributed by atoms with van der Waals surface area (Å²) < 4.78 is 10.5. The molecule has 0 saturated heterocycles. The van der Waals surface area contributed by atoms with E-state index >= 15 is 0 Å². The van der Waals surface area contributed by atoms with Gasteiger partial charge < -0.3 is 9.47 Å². The predicted octanol–water partition coefficient (Wildman–Crippen LogP) is 5.06. The minimum atomic E-state index is -0.506. The quantitative estimate of drug-likeness (QED) is 0.459. The maximum absolute atomic E-state index is 11.0. The second-order valence-electron chi connectivity index (χ2n) is 5.03. The van der Waals surface area contributed by atoms with Crippen LogP contribution in [0.1, 0.15) is 0 Å². The van der Waals surface area contributed by atoms with E-state index in [2.05, 4.69) is 4.98 Å². The molecule has 0 unspecified atom stereocenters. The first kappa shape index (κ1) is 17.2. The molecule has 0 spiro atoms. The van der Waals surface area contributed by atoms with Crippen molar-refractivity contribution in [2.24, 2.45) is 0 Å². The lowest BCUT2D eigenvalue weighted by molar-refractivity contribution is -0.384. The van der Waals surface area contributed by atoms with Gasteiger partial charge in [-0.2, -0.15) is 0 Å². The molecule has 2 aromatic carbocycles. The molecule has 0 radical (unpaired) electrons. The largest absolute Gasteiger partial charge is 0.493 e. The summed E-state index contributed by atoms with van der Waals surface area (Å²) in [6.07, 6.45) is 0. The fourth-order valence-corrected chi connectivity index (χ4v) is 3.33. The average Bonchev–Trinajstić information content (AvgIpc) is 3.11. The molecule has 0 N–H and O–H groups in total. The number of ether oxygens (including phenoxy) is 2. The molecule has 0 aliphatic heterocycles. The van der Waals surface area contributed by atoms with Crippen molar-refractivity contribution in [1.29, 1.82) is 0 Å². The Hall–Kier alpha value is -2.64. The number of nitro benzene ring substituents is 1. The lowest BCUT2D eigenvalue weighted by Gasteiger charge is -2.08. The van der Waals surface area contributed by atoms with E-state index < -0.39 is 4.92 Å². The Bertz CT molecular complexity index is 942. The zero-order valence-electron chi connectivity index (χ0n) is 13.4. The van der Waals surface area contributed by atoms with Crippen LogP contribution in [0.4, 0.5) is 5.69 Å². The Balaban J connectivity index is 1.98. The standard InChI is InChI=1S/C17H13ClN2O4S/c1-23-15-6-4-11(8-16(15)24-2)17-19-13(9-25-17)10-3-5-12(18)14(7-10)20(21)22/h3-9H,1-2H3. The van der Waals surface area contributed by atoms with E-state index in [1.54, 1.807) is 20.3 Å². The van der Waals surface area contributed by atoms with Crippen molar-refractivity contribution in [3.8, 4) is 33.3 Å². The number of thiazole rings is 1. The summed E-state index contributed by atoms with van der Waals surface area (Å²) in [6, 6.07) is 10.2. The van der Waals surface area contributed by atoms with Gasteiger partial charge in [-0.1, -0.05) is 17.7 Å². The summed E-state index contributed by atoms with van der Waals surface area (Å²) in [4.78, 5) is 15.1. The first-order valence-electron chi connectivity index (χ1n) is 7.15. The molecule has 1 aromatic heterocycles. The number of methoxy groups -OCH3 is 2. The highest BCUT2D eigenvalue weighted by atomic mass is 35.5. The van der Waals surface area contributed by atoms with Gasteiger partial charge in [0.1, 0.15) is 10.0 Å². The van der Waals surface area contributed by atoms with E-state index in [-0.39, 0.29) is 10.7 Å². The highest BCUT2D eigenvalue weighted by Gasteiger charge is 2.16. The summed E-state index contributed by atoms with van der Waals surface area (Å²) in [5.74, 6) is 1.25. The Morgan fingerprint density at radius 2 is 1.80 bits per heavy atom. The molecule has 25 heavy (non-hydrogen) atoms. The van der Waals surface area contributed by atoms with Crippen molar-refractivity contribution in [2.75, 3.05) is 14.2 Å². The van der Waals surface area contributed by atoms with Crippen molar-refractivity contribution in [3.63, 3.8) is 0 Å². The van der Waals surface area contributed by atoms with Crippen LogP contribution in [0.3, 0.4) is 0 Å². The van der Waals surface area contributed by atoms with Gasteiger partial charge in [0.15, 0.2) is 11.5 Å². The zero-order valence-corrected chi connectivity index (χ0v) is 14.9. The fraction of sp³-hybridized carbons (Fsp3) is 0.118. The van der Waals surface area contributed by atoms with Crippen molar-refractivity contribution in [2.45, 2.75) is 0 Å². The van der Waals surface area contributed by atoms with Crippen LogP contribution in [-0.4, -0.2) is 24.1 Å². The first-order valence-corrected chi connectivity index (χ1v) is 8.41. The molecule has 1 heterocycles. The first-order chi connectivity index (χ1) is 12.0. The number of nitrogens with zero attached hydrogens (tertiary/aromatic N) is 2. The summed E-state index contributed by atoms with van der Waals surface area (Å²) in [7, 11) is 3.15. The average molecular weight is 377 g/mol. The number of benzene rings is 2. The van der Waals surface area contributed by atoms with Crippen molar-refractivity contribution >= 4 is 28.6 Å². The maximum atomic E-state index is 11.0. The molecular weight excluding hydrogens is 364 g/mol. The minimum Gasteiger partial charge on any atom is -0.493 e. The Kier molecular flexibility index (Phi) is 4.87. The van der Waals surface area contributed by atoms with Gasteiger partial charge in [-0.15, -0.1) is 11.3 Å². The lowest BCUT2D eigenvalue weighted by Crippen LogP contribution is -1.91. The Morgan fingerprint density at radius 1 is 1.08 bits per heavy atom. The third-order valence-electron chi connectivity index (χ3n) is 3.57. The van der Waals surface area contributed by atoms with Gasteiger partial charge in [-0.3, -0.25) is 10.1 Å². The highest BCUT2D eigenvalue weighted by molar-refractivity contribution is 7.13. The van der Waals surface area contributed by atoms with E-state index in [0.29, 0.717) is 22.8 Å². The monoisotopic (exact) mass is 376 g/mol. The van der Waals surface area contributed by atoms with Crippen molar-refractivity contribution < 1.29 is 14.4 Å². The van der Waals surface area contributed by atoms with E-state index in [1.807, 2.05) is 23.6 Å². The number of aromatic nitrogens is 1. The number of hydrogen-bond donors (Lipinski definition) is 0. The maximum Gasteiger partial charge on any atom is 0.288 e. The third-order valence-corrected chi connectivity index (χ3v) is 4.78. The van der Waals surface area contributed by atoms with Gasteiger partial charge in [-0.05, 0) is 24.3 Å². The number of nitro groups is 1. The van der Waals surface area contributed by atoms with Gasteiger partial charge in [0.2, 0.25) is 0 Å². The Labute approximate surface area is 152 Å². The number of rotatable bonds is 5. The van der Waals surface area contributed by atoms with E-state index in [1.165, 1.54) is 23.5 Å². The smallest absolute Gasteiger partial charge is 0.288 e. The normalized spacial score (nSPS) is 10.5. The molecule has 0 amide bonds. The minimum absolute atomic E-state index is 0.101. The highest BCUT2D eigenvalue weighted by Crippen LogP contribution is 2.36. The summed E-state index contributed by atoms with van der Waals surface area (Å²) in [5.41, 5.74) is 2.02. The van der Waals surface area contributed by atoms with E-state index in [9.17, 15) is 10.1 Å². The van der Waals surface area contributed by atoms with Crippen LogP contribution < -0.4 is 9.47 Å². The molecule has 0 saturated carbocycles. The Morgan fingerprint density at radius 3 is 2.48 bits per heavy atom. The number of hydrogen-bond acceptors (Lipinski definition) is 6.